The highest BCUT2D eigenvalue weighted by molar-refractivity contribution is 6.35. The number of aryl methyl sites for hydroxylation is 6. The number of fused-ring (bicyclic) bond motifs is 4. The van der Waals surface area contributed by atoms with E-state index in [1.54, 1.807) is 17.0 Å². The second-order valence-electron chi connectivity index (χ2n) is 14.5. The van der Waals surface area contributed by atoms with Crippen LogP contribution in [-0.4, -0.2) is 79.8 Å². The average molecular weight is 771 g/mol. The standard InChI is InChI=1S/C41H45Cl2N7O4/c1-23-18-28(19-24(2)37(23)43)54-17-8-10-29-30-11-12-32(42)36(35-25(3)44-47(7)26(35)4)38(30)50-14-9-13-49(40(51)39(29)50)34-21-27(41(52)53)20-33-31(34)22-48(45-33)16-15-46(5)6/h11-12,18-22H,8-10,13-17H2,1-7H3,(H,52,53). The Morgan fingerprint density at radius 1 is 0.981 bits per heavy atom. The van der Waals surface area contributed by atoms with Crippen molar-refractivity contribution < 1.29 is 19.4 Å². The van der Waals surface area contributed by atoms with Gasteiger partial charge in [-0.25, -0.2) is 4.79 Å². The molecule has 0 spiro atoms. The molecular formula is C41H45Cl2N7O4. The van der Waals surface area contributed by atoms with Gasteiger partial charge in [0, 0.05) is 65.5 Å². The molecule has 0 aliphatic carbocycles. The molecular weight excluding hydrogens is 725 g/mol. The van der Waals surface area contributed by atoms with Gasteiger partial charge in [-0.05, 0) is 108 Å². The Labute approximate surface area is 324 Å². The summed E-state index contributed by atoms with van der Waals surface area (Å²) in [7, 11) is 5.90. The van der Waals surface area contributed by atoms with Crippen molar-refractivity contribution >= 4 is 62.6 Å². The van der Waals surface area contributed by atoms with Gasteiger partial charge >= 0.3 is 5.97 Å². The summed E-state index contributed by atoms with van der Waals surface area (Å²) in [6.45, 7) is 10.7. The van der Waals surface area contributed by atoms with E-state index in [1.807, 2.05) is 88.7 Å². The Kier molecular flexibility index (Phi) is 10.2. The number of amides is 1. The van der Waals surface area contributed by atoms with Crippen LogP contribution < -0.4 is 9.64 Å². The van der Waals surface area contributed by atoms with Crippen LogP contribution in [0.4, 0.5) is 5.69 Å². The molecule has 13 heteroatoms. The van der Waals surface area contributed by atoms with Crippen LogP contribution in [0.25, 0.3) is 32.9 Å². The lowest BCUT2D eigenvalue weighted by molar-refractivity contribution is 0.0696. The number of rotatable bonds is 11. The monoisotopic (exact) mass is 769 g/mol. The van der Waals surface area contributed by atoms with E-state index in [0.717, 1.165) is 72.8 Å². The first-order chi connectivity index (χ1) is 25.7. The number of halogens is 2. The topological polar surface area (TPSA) is 111 Å². The first-order valence-electron chi connectivity index (χ1n) is 18.2. The zero-order valence-electron chi connectivity index (χ0n) is 31.8. The van der Waals surface area contributed by atoms with Crippen molar-refractivity contribution in [1.29, 1.82) is 0 Å². The third-order valence-electron chi connectivity index (χ3n) is 10.5. The van der Waals surface area contributed by atoms with Crippen LogP contribution in [0.2, 0.25) is 10.0 Å². The molecule has 0 atom stereocenters. The molecule has 0 saturated carbocycles. The number of carbonyl (C=O) groups excluding carboxylic acids is 1. The Hall–Kier alpha value is -4.84. The first-order valence-corrected chi connectivity index (χ1v) is 19.0. The van der Waals surface area contributed by atoms with E-state index in [4.69, 9.17) is 38.1 Å². The quantitative estimate of drug-likeness (QED) is 0.132. The van der Waals surface area contributed by atoms with Gasteiger partial charge in [0.05, 0.1) is 46.2 Å². The molecule has 4 heterocycles. The molecule has 7 rings (SSSR count). The number of carbonyl (C=O) groups is 2. The van der Waals surface area contributed by atoms with Gasteiger partial charge in [-0.3, -0.25) is 14.2 Å². The number of aromatic nitrogens is 5. The normalized spacial score (nSPS) is 13.4. The number of carboxylic acid groups (broad SMARTS) is 1. The van der Waals surface area contributed by atoms with E-state index in [9.17, 15) is 9.90 Å². The molecule has 11 nitrogen and oxygen atoms in total. The van der Waals surface area contributed by atoms with Crippen LogP contribution in [0.5, 0.6) is 5.75 Å². The number of nitrogens with zero attached hydrogens (tertiary/aromatic N) is 7. The molecule has 0 saturated heterocycles. The van der Waals surface area contributed by atoms with Gasteiger partial charge in [-0.2, -0.15) is 10.2 Å². The van der Waals surface area contributed by atoms with Gasteiger partial charge in [0.15, 0.2) is 0 Å². The SMILES string of the molecule is Cc1cc(OCCCc2c3n(c4c(-c5c(C)nn(C)c5C)c(Cl)ccc24)CCCN(c2cc(C(=O)O)cc4nn(CCN(C)C)cc24)C3=O)cc(C)c1Cl. The summed E-state index contributed by atoms with van der Waals surface area (Å²) in [4.78, 5) is 31.4. The van der Waals surface area contributed by atoms with E-state index >= 15 is 4.79 Å². The Morgan fingerprint density at radius 3 is 2.39 bits per heavy atom. The minimum absolute atomic E-state index is 0.0783. The van der Waals surface area contributed by atoms with Gasteiger partial charge in [0.2, 0.25) is 0 Å². The number of hydrogen-bond acceptors (Lipinski definition) is 6. The van der Waals surface area contributed by atoms with Crippen molar-refractivity contribution in [3.63, 3.8) is 0 Å². The Morgan fingerprint density at radius 2 is 1.72 bits per heavy atom. The minimum atomic E-state index is -1.08. The number of benzene rings is 3. The lowest BCUT2D eigenvalue weighted by Crippen LogP contribution is -2.32. The fourth-order valence-corrected chi connectivity index (χ4v) is 8.14. The molecule has 3 aromatic heterocycles. The summed E-state index contributed by atoms with van der Waals surface area (Å²) in [5.41, 5.74) is 9.04. The van der Waals surface area contributed by atoms with Crippen LogP contribution in [-0.2, 0) is 26.6 Å². The predicted molar refractivity (Wildman–Crippen MR) is 215 cm³/mol. The van der Waals surface area contributed by atoms with Crippen molar-refractivity contribution in [2.45, 2.75) is 60.0 Å². The summed E-state index contributed by atoms with van der Waals surface area (Å²) < 4.78 is 12.0. The maximum absolute atomic E-state index is 15.2. The summed E-state index contributed by atoms with van der Waals surface area (Å²) in [6.07, 6.45) is 3.74. The summed E-state index contributed by atoms with van der Waals surface area (Å²) in [6, 6.07) is 11.0. The predicted octanol–water partition coefficient (Wildman–Crippen LogP) is 8.25. The number of anilines is 1. The second-order valence-corrected chi connectivity index (χ2v) is 15.3. The maximum atomic E-state index is 15.2. The van der Waals surface area contributed by atoms with Gasteiger partial charge in [-0.15, -0.1) is 0 Å². The molecule has 0 radical (unpaired) electrons. The fraction of sp³-hybridized carbons (Fsp3) is 0.366. The minimum Gasteiger partial charge on any atom is -0.494 e. The number of carboxylic acids is 1. The lowest BCUT2D eigenvalue weighted by atomic mass is 9.98. The van der Waals surface area contributed by atoms with Crippen molar-refractivity contribution in [3.8, 4) is 16.9 Å². The van der Waals surface area contributed by atoms with E-state index in [1.165, 1.54) is 0 Å². The Bertz CT molecular complexity index is 2440. The zero-order valence-corrected chi connectivity index (χ0v) is 33.3. The van der Waals surface area contributed by atoms with Crippen LogP contribution in [0.3, 0.4) is 0 Å². The molecule has 1 aliphatic heterocycles. The molecule has 6 aromatic rings. The number of hydrogen-bond donors (Lipinski definition) is 1. The third kappa shape index (κ3) is 6.73. The molecule has 0 unspecified atom stereocenters. The zero-order chi connectivity index (χ0) is 38.6. The van der Waals surface area contributed by atoms with Gasteiger partial charge < -0.3 is 24.2 Å². The van der Waals surface area contributed by atoms with Crippen LogP contribution in [0, 0.1) is 27.7 Å². The largest absolute Gasteiger partial charge is 0.494 e. The first kappa shape index (κ1) is 37.5. The summed E-state index contributed by atoms with van der Waals surface area (Å²) in [5, 5.41) is 22.6. The number of ether oxygens (including phenoxy) is 1. The lowest BCUT2D eigenvalue weighted by Gasteiger charge is -2.22. The molecule has 54 heavy (non-hydrogen) atoms. The van der Waals surface area contributed by atoms with Crippen LogP contribution >= 0.6 is 23.2 Å². The fourth-order valence-electron chi connectivity index (χ4n) is 7.78. The molecule has 1 aliphatic rings. The van der Waals surface area contributed by atoms with Crippen molar-refractivity contribution in [2.75, 3.05) is 38.7 Å². The van der Waals surface area contributed by atoms with Crippen molar-refractivity contribution in [2.24, 2.45) is 7.05 Å². The van der Waals surface area contributed by atoms with Gasteiger partial charge in [0.25, 0.3) is 5.91 Å². The van der Waals surface area contributed by atoms with E-state index in [-0.39, 0.29) is 11.5 Å². The molecule has 0 fully saturated rings. The highest BCUT2D eigenvalue weighted by Gasteiger charge is 2.33. The average Bonchev–Trinajstić information content (AvgIpc) is 3.72. The smallest absolute Gasteiger partial charge is 0.335 e. The maximum Gasteiger partial charge on any atom is 0.335 e. The Balaban J connectivity index is 1.37. The van der Waals surface area contributed by atoms with E-state index in [0.29, 0.717) is 67.4 Å². The number of likely N-dealkylation sites (N-methyl/N-ethyl adjacent to an activating group) is 1. The molecule has 1 amide bonds. The third-order valence-corrected chi connectivity index (χ3v) is 11.4. The molecule has 1 N–H and O–H groups in total. The van der Waals surface area contributed by atoms with Crippen molar-refractivity contribution in [1.82, 2.24) is 29.0 Å². The molecule has 282 valence electrons. The molecule has 0 bridgehead atoms. The second kappa shape index (κ2) is 14.8. The van der Waals surface area contributed by atoms with Gasteiger partial charge in [0.1, 0.15) is 11.4 Å². The summed E-state index contributed by atoms with van der Waals surface area (Å²) >= 11 is 13.5. The highest BCUT2D eigenvalue weighted by atomic mass is 35.5. The van der Waals surface area contributed by atoms with Crippen LogP contribution in [0.1, 0.15) is 61.8 Å². The van der Waals surface area contributed by atoms with Crippen LogP contribution in [0.15, 0.2) is 42.6 Å². The summed E-state index contributed by atoms with van der Waals surface area (Å²) in [5.74, 6) is -0.525. The van der Waals surface area contributed by atoms with Crippen molar-refractivity contribution in [3.05, 3.63) is 92.0 Å². The molecule has 3 aromatic carbocycles. The van der Waals surface area contributed by atoms with E-state index < -0.39 is 5.97 Å². The van der Waals surface area contributed by atoms with E-state index in [2.05, 4.69) is 9.47 Å². The highest BCUT2D eigenvalue weighted by Crippen LogP contribution is 2.43. The number of aromatic carboxylic acids is 1. The van der Waals surface area contributed by atoms with Gasteiger partial charge in [-0.1, -0.05) is 29.3 Å².